The Balaban J connectivity index is 1.78. The van der Waals surface area contributed by atoms with Gasteiger partial charge in [0, 0.05) is 23.3 Å². The Kier molecular flexibility index (Phi) is 2.48. The zero-order valence-corrected chi connectivity index (χ0v) is 13.1. The van der Waals surface area contributed by atoms with Gasteiger partial charge in [-0.15, -0.1) is 0 Å². The van der Waals surface area contributed by atoms with Gasteiger partial charge in [-0.2, -0.15) is 0 Å². The second-order valence-corrected chi connectivity index (χ2v) is 7.66. The molecule has 2 atom stereocenters. The lowest BCUT2D eigenvalue weighted by atomic mass is 9.62. The number of ketones is 1. The maximum Gasteiger partial charge on any atom is 0.138 e. The first-order valence-corrected chi connectivity index (χ1v) is 8.44. The Morgan fingerprint density at radius 3 is 2.77 bits per heavy atom. The number of rotatable bonds is 0. The summed E-state index contributed by atoms with van der Waals surface area (Å²) in [6, 6.07) is 10.6. The Labute approximate surface area is 135 Å². The summed E-state index contributed by atoms with van der Waals surface area (Å²) in [5.41, 5.74) is 4.33. The fraction of sp³-hybridized carbons (Fsp3) is 0.350. The Bertz CT molecular complexity index is 863. The van der Waals surface area contributed by atoms with Crippen LogP contribution in [0.4, 0.5) is 0 Å². The minimum atomic E-state index is 0.0859. The van der Waals surface area contributed by atoms with E-state index in [1.807, 2.05) is 12.1 Å². The molecule has 0 heterocycles. The maximum atomic E-state index is 12.4. The molecule has 2 heteroatoms. The molecule has 1 spiro atoms. The second kappa shape index (κ2) is 4.23. The molecular formula is C20H17ClO. The molecule has 0 aliphatic heterocycles. The van der Waals surface area contributed by atoms with Crippen molar-refractivity contribution in [3.8, 4) is 0 Å². The third kappa shape index (κ3) is 1.63. The van der Waals surface area contributed by atoms with E-state index in [4.69, 9.17) is 11.6 Å². The number of fused-ring (bicyclic) bond motifs is 6. The lowest BCUT2D eigenvalue weighted by Gasteiger charge is -2.41. The highest BCUT2D eigenvalue weighted by atomic mass is 35.5. The first kappa shape index (κ1) is 12.9. The monoisotopic (exact) mass is 308 g/mol. The summed E-state index contributed by atoms with van der Waals surface area (Å²) >= 11 is 6.13. The molecule has 5 rings (SSSR count). The standard InChI is InChI=1S/C20H17ClO/c21-17-4-2-13-9-19-15(6-14(13)7-17)8-18(22)11-20(19)10-12-1-3-16(20)5-12/h1-2,4,6-7,9,16H,3,5,8,10-11H2. The van der Waals surface area contributed by atoms with Crippen molar-refractivity contribution in [3.05, 3.63) is 58.1 Å². The first-order chi connectivity index (χ1) is 10.6. The number of benzene rings is 2. The number of hydrogen-bond acceptors (Lipinski definition) is 1. The van der Waals surface area contributed by atoms with Crippen molar-refractivity contribution in [1.29, 1.82) is 0 Å². The zero-order chi connectivity index (χ0) is 14.9. The van der Waals surface area contributed by atoms with E-state index in [1.165, 1.54) is 22.9 Å². The van der Waals surface area contributed by atoms with E-state index in [9.17, 15) is 4.79 Å². The predicted octanol–water partition coefficient (Wildman–Crippen LogP) is 4.99. The van der Waals surface area contributed by atoms with Crippen LogP contribution in [0.2, 0.25) is 5.02 Å². The van der Waals surface area contributed by atoms with Crippen LogP contribution in [0.5, 0.6) is 0 Å². The van der Waals surface area contributed by atoms with Crippen LogP contribution in [-0.4, -0.2) is 5.78 Å². The van der Waals surface area contributed by atoms with Crippen LogP contribution in [-0.2, 0) is 16.6 Å². The van der Waals surface area contributed by atoms with Gasteiger partial charge in [-0.3, -0.25) is 4.79 Å². The first-order valence-electron chi connectivity index (χ1n) is 8.06. The fourth-order valence-corrected chi connectivity index (χ4v) is 5.26. The average Bonchev–Trinajstić information content (AvgIpc) is 3.06. The molecule has 1 saturated carbocycles. The minimum Gasteiger partial charge on any atom is -0.299 e. The normalized spacial score (nSPS) is 29.2. The highest BCUT2D eigenvalue weighted by Crippen LogP contribution is 2.58. The SMILES string of the molecule is O=C1Cc2cc3cc(Cl)ccc3cc2C2(C1)CC1=CCC2C1. The summed E-state index contributed by atoms with van der Waals surface area (Å²) in [5.74, 6) is 1.04. The highest BCUT2D eigenvalue weighted by Gasteiger charge is 2.51. The Morgan fingerprint density at radius 1 is 1.09 bits per heavy atom. The van der Waals surface area contributed by atoms with E-state index < -0.39 is 0 Å². The molecule has 2 aromatic rings. The van der Waals surface area contributed by atoms with E-state index in [-0.39, 0.29) is 5.41 Å². The van der Waals surface area contributed by atoms with Crippen LogP contribution in [0, 0.1) is 5.92 Å². The molecule has 0 amide bonds. The number of Topliss-reactive ketones (excluding diaryl/α,β-unsaturated/α-hetero) is 1. The molecule has 2 aromatic carbocycles. The van der Waals surface area contributed by atoms with Gasteiger partial charge in [0.25, 0.3) is 0 Å². The third-order valence-corrected chi connectivity index (χ3v) is 6.22. The molecule has 22 heavy (non-hydrogen) atoms. The van der Waals surface area contributed by atoms with Crippen molar-refractivity contribution < 1.29 is 4.79 Å². The van der Waals surface area contributed by atoms with E-state index in [0.717, 1.165) is 29.7 Å². The molecule has 110 valence electrons. The van der Waals surface area contributed by atoms with Gasteiger partial charge >= 0.3 is 0 Å². The number of hydrogen-bond donors (Lipinski definition) is 0. The van der Waals surface area contributed by atoms with Gasteiger partial charge < -0.3 is 0 Å². The topological polar surface area (TPSA) is 17.1 Å². The molecule has 3 aliphatic rings. The molecule has 1 fully saturated rings. The van der Waals surface area contributed by atoms with Crippen LogP contribution in [0.15, 0.2) is 42.0 Å². The van der Waals surface area contributed by atoms with Gasteiger partial charge in [0.2, 0.25) is 0 Å². The zero-order valence-electron chi connectivity index (χ0n) is 12.4. The predicted molar refractivity (Wildman–Crippen MR) is 89.4 cm³/mol. The number of carbonyl (C=O) groups is 1. The van der Waals surface area contributed by atoms with Crippen molar-refractivity contribution in [2.24, 2.45) is 5.92 Å². The second-order valence-electron chi connectivity index (χ2n) is 7.23. The van der Waals surface area contributed by atoms with Gasteiger partial charge in [-0.25, -0.2) is 0 Å². The van der Waals surface area contributed by atoms with Crippen molar-refractivity contribution >= 4 is 28.2 Å². The van der Waals surface area contributed by atoms with Gasteiger partial charge in [-0.1, -0.05) is 41.4 Å². The molecule has 1 nitrogen and oxygen atoms in total. The van der Waals surface area contributed by atoms with Crippen molar-refractivity contribution in [1.82, 2.24) is 0 Å². The Morgan fingerprint density at radius 2 is 2.00 bits per heavy atom. The number of halogens is 1. The molecule has 0 aromatic heterocycles. The smallest absolute Gasteiger partial charge is 0.138 e. The van der Waals surface area contributed by atoms with Crippen LogP contribution < -0.4 is 0 Å². The summed E-state index contributed by atoms with van der Waals surface area (Å²) < 4.78 is 0. The van der Waals surface area contributed by atoms with E-state index >= 15 is 0 Å². The summed E-state index contributed by atoms with van der Waals surface area (Å²) in [7, 11) is 0. The average molecular weight is 309 g/mol. The number of allylic oxidation sites excluding steroid dienone is 2. The molecule has 0 N–H and O–H groups in total. The highest BCUT2D eigenvalue weighted by molar-refractivity contribution is 6.31. The van der Waals surface area contributed by atoms with Crippen molar-refractivity contribution in [2.45, 2.75) is 37.5 Å². The fourth-order valence-electron chi connectivity index (χ4n) is 5.08. The van der Waals surface area contributed by atoms with Crippen LogP contribution >= 0.6 is 11.6 Å². The largest absolute Gasteiger partial charge is 0.299 e. The summed E-state index contributed by atoms with van der Waals surface area (Å²) in [5, 5.41) is 3.15. The van der Waals surface area contributed by atoms with E-state index in [0.29, 0.717) is 18.1 Å². The molecule has 0 saturated heterocycles. The van der Waals surface area contributed by atoms with Gasteiger partial charge in [-0.05, 0) is 59.2 Å². The third-order valence-electron chi connectivity index (χ3n) is 5.98. The molecular weight excluding hydrogens is 292 g/mol. The van der Waals surface area contributed by atoms with E-state index in [1.54, 1.807) is 5.57 Å². The lowest BCUT2D eigenvalue weighted by molar-refractivity contribution is -0.120. The van der Waals surface area contributed by atoms with Crippen LogP contribution in [0.1, 0.15) is 36.8 Å². The maximum absolute atomic E-state index is 12.4. The Hall–Kier alpha value is -1.60. The van der Waals surface area contributed by atoms with Gasteiger partial charge in [0.15, 0.2) is 0 Å². The molecule has 2 bridgehead atoms. The lowest BCUT2D eigenvalue weighted by Crippen LogP contribution is -2.39. The summed E-state index contributed by atoms with van der Waals surface area (Å²) in [6.45, 7) is 0. The molecule has 0 radical (unpaired) electrons. The quantitative estimate of drug-likeness (QED) is 0.627. The summed E-state index contributed by atoms with van der Waals surface area (Å²) in [6.07, 6.45) is 7.17. The van der Waals surface area contributed by atoms with Gasteiger partial charge in [0.05, 0.1) is 0 Å². The van der Waals surface area contributed by atoms with Crippen molar-refractivity contribution in [2.75, 3.05) is 0 Å². The number of carbonyl (C=O) groups excluding carboxylic acids is 1. The van der Waals surface area contributed by atoms with Crippen LogP contribution in [0.3, 0.4) is 0 Å². The molecule has 2 unspecified atom stereocenters. The van der Waals surface area contributed by atoms with E-state index in [2.05, 4.69) is 24.3 Å². The summed E-state index contributed by atoms with van der Waals surface area (Å²) in [4.78, 5) is 12.4. The van der Waals surface area contributed by atoms with Crippen LogP contribution in [0.25, 0.3) is 10.8 Å². The molecule has 3 aliphatic carbocycles. The van der Waals surface area contributed by atoms with Gasteiger partial charge in [0.1, 0.15) is 5.78 Å². The minimum absolute atomic E-state index is 0.0859. The van der Waals surface area contributed by atoms with Crippen molar-refractivity contribution in [3.63, 3.8) is 0 Å².